The van der Waals surface area contributed by atoms with Crippen molar-refractivity contribution in [3.8, 4) is 0 Å². The summed E-state index contributed by atoms with van der Waals surface area (Å²) in [5.74, 6) is -3.51. The summed E-state index contributed by atoms with van der Waals surface area (Å²) in [6, 6.07) is 1.29. The summed E-state index contributed by atoms with van der Waals surface area (Å²) in [6.45, 7) is 3.36. The smallest absolute Gasteiger partial charge is 0.277 e. The van der Waals surface area contributed by atoms with Crippen molar-refractivity contribution in [2.45, 2.75) is 13.8 Å². The molecule has 1 saturated heterocycles. The van der Waals surface area contributed by atoms with E-state index in [4.69, 9.17) is 23.2 Å². The van der Waals surface area contributed by atoms with E-state index >= 15 is 0 Å². The van der Waals surface area contributed by atoms with Crippen molar-refractivity contribution >= 4 is 46.7 Å². The average molecular weight is 333 g/mol. The standard InChI is InChI=1S/C13H11Cl2FN2O3/c1-5(2)9-11(19)17-13(21)18(12(9)20)6-3-7(14)10(16)8(15)4-6/h3-5,9H,1-2H3,(H,17,19,21). The number of anilines is 1. The van der Waals surface area contributed by atoms with Gasteiger partial charge in [0, 0.05) is 0 Å². The summed E-state index contributed by atoms with van der Waals surface area (Å²) in [7, 11) is 0. The van der Waals surface area contributed by atoms with Crippen LogP contribution in [0.1, 0.15) is 13.8 Å². The highest BCUT2D eigenvalue weighted by Crippen LogP contribution is 2.32. The number of barbiturate groups is 1. The number of carbonyl (C=O) groups is 3. The van der Waals surface area contributed by atoms with Crippen molar-refractivity contribution in [2.75, 3.05) is 4.90 Å². The molecule has 1 unspecified atom stereocenters. The molecule has 0 radical (unpaired) electrons. The van der Waals surface area contributed by atoms with Crippen LogP contribution < -0.4 is 10.2 Å². The third kappa shape index (κ3) is 2.73. The first-order chi connectivity index (χ1) is 9.73. The van der Waals surface area contributed by atoms with Gasteiger partial charge in [-0.15, -0.1) is 0 Å². The molecule has 5 nitrogen and oxygen atoms in total. The molecule has 0 aliphatic carbocycles. The maximum atomic E-state index is 13.4. The van der Waals surface area contributed by atoms with Crippen LogP contribution in [0.15, 0.2) is 12.1 Å². The molecule has 112 valence electrons. The lowest BCUT2D eigenvalue weighted by molar-refractivity contribution is -0.136. The van der Waals surface area contributed by atoms with E-state index in [9.17, 15) is 18.8 Å². The second-order valence-corrected chi connectivity index (χ2v) is 5.73. The Morgan fingerprint density at radius 2 is 1.71 bits per heavy atom. The van der Waals surface area contributed by atoms with Crippen LogP contribution in [-0.4, -0.2) is 17.8 Å². The van der Waals surface area contributed by atoms with E-state index in [1.54, 1.807) is 13.8 Å². The monoisotopic (exact) mass is 332 g/mol. The van der Waals surface area contributed by atoms with Crippen LogP contribution >= 0.6 is 23.2 Å². The fourth-order valence-electron chi connectivity index (χ4n) is 2.09. The molecule has 1 heterocycles. The number of nitrogens with one attached hydrogen (secondary N) is 1. The summed E-state index contributed by atoms with van der Waals surface area (Å²) in [5.41, 5.74) is 0.00653. The van der Waals surface area contributed by atoms with Gasteiger partial charge in [0.05, 0.1) is 15.7 Å². The lowest BCUT2D eigenvalue weighted by Crippen LogP contribution is -2.59. The van der Waals surface area contributed by atoms with Crippen molar-refractivity contribution in [2.24, 2.45) is 11.8 Å². The number of hydrogen-bond donors (Lipinski definition) is 1. The number of benzene rings is 1. The number of nitrogens with zero attached hydrogens (tertiary/aromatic N) is 1. The van der Waals surface area contributed by atoms with Gasteiger partial charge in [-0.3, -0.25) is 14.9 Å². The van der Waals surface area contributed by atoms with E-state index in [1.165, 1.54) is 0 Å². The molecule has 0 saturated carbocycles. The minimum atomic E-state index is -1.01. The molecule has 8 heteroatoms. The Bertz CT molecular complexity index is 625. The third-order valence-corrected chi connectivity index (χ3v) is 3.65. The van der Waals surface area contributed by atoms with Gasteiger partial charge in [-0.25, -0.2) is 14.1 Å². The number of rotatable bonds is 2. The Morgan fingerprint density at radius 1 is 1.19 bits per heavy atom. The van der Waals surface area contributed by atoms with E-state index in [0.717, 1.165) is 17.0 Å². The largest absolute Gasteiger partial charge is 0.335 e. The van der Waals surface area contributed by atoms with Gasteiger partial charge in [0.25, 0.3) is 0 Å². The van der Waals surface area contributed by atoms with Gasteiger partial charge in [-0.05, 0) is 18.1 Å². The molecule has 21 heavy (non-hydrogen) atoms. The zero-order valence-corrected chi connectivity index (χ0v) is 12.6. The lowest BCUT2D eigenvalue weighted by atomic mass is 9.92. The van der Waals surface area contributed by atoms with Crippen LogP contribution in [0.5, 0.6) is 0 Å². The Kier molecular flexibility index (Phi) is 4.20. The first kappa shape index (κ1) is 15.7. The van der Waals surface area contributed by atoms with E-state index in [2.05, 4.69) is 5.32 Å². The van der Waals surface area contributed by atoms with Gasteiger partial charge < -0.3 is 0 Å². The number of hydrogen-bond acceptors (Lipinski definition) is 3. The highest BCUT2D eigenvalue weighted by molar-refractivity contribution is 6.36. The Balaban J connectivity index is 2.49. The Morgan fingerprint density at radius 3 is 2.19 bits per heavy atom. The van der Waals surface area contributed by atoms with E-state index < -0.39 is 29.6 Å². The van der Waals surface area contributed by atoms with Crippen LogP contribution in [0.2, 0.25) is 10.0 Å². The summed E-state index contributed by atoms with van der Waals surface area (Å²) in [4.78, 5) is 36.7. The summed E-state index contributed by atoms with van der Waals surface area (Å²) in [5, 5.41) is 1.44. The summed E-state index contributed by atoms with van der Waals surface area (Å²) >= 11 is 11.3. The second kappa shape index (κ2) is 5.61. The molecule has 1 aromatic rings. The van der Waals surface area contributed by atoms with Gasteiger partial charge in [0.1, 0.15) is 5.92 Å². The summed E-state index contributed by atoms with van der Waals surface area (Å²) in [6.07, 6.45) is 0. The van der Waals surface area contributed by atoms with Crippen LogP contribution in [0, 0.1) is 17.7 Å². The van der Waals surface area contributed by atoms with Gasteiger partial charge in [-0.1, -0.05) is 37.0 Å². The van der Waals surface area contributed by atoms with Crippen LogP contribution in [0.3, 0.4) is 0 Å². The molecule has 1 aliphatic heterocycles. The van der Waals surface area contributed by atoms with Crippen molar-refractivity contribution in [1.29, 1.82) is 0 Å². The van der Waals surface area contributed by atoms with E-state index in [0.29, 0.717) is 0 Å². The van der Waals surface area contributed by atoms with Crippen molar-refractivity contribution < 1.29 is 18.8 Å². The normalized spacial score (nSPS) is 19.2. The minimum Gasteiger partial charge on any atom is -0.277 e. The molecule has 0 aromatic heterocycles. The maximum absolute atomic E-state index is 13.4. The van der Waals surface area contributed by atoms with Crippen LogP contribution in [-0.2, 0) is 9.59 Å². The topological polar surface area (TPSA) is 66.5 Å². The summed E-state index contributed by atoms with van der Waals surface area (Å²) < 4.78 is 13.4. The number of amides is 4. The van der Waals surface area contributed by atoms with Crippen molar-refractivity contribution in [3.05, 3.63) is 28.0 Å². The first-order valence-electron chi connectivity index (χ1n) is 6.07. The first-order valence-corrected chi connectivity index (χ1v) is 6.83. The molecule has 1 N–H and O–H groups in total. The minimum absolute atomic E-state index is 0.00653. The SMILES string of the molecule is CC(C)C1C(=O)NC(=O)N(c2cc(Cl)c(F)c(Cl)c2)C1=O. The number of halogens is 3. The molecular formula is C13H11Cl2FN2O3. The molecule has 1 fully saturated rings. The molecule has 2 rings (SSSR count). The molecule has 4 amide bonds. The molecule has 0 bridgehead atoms. The Labute approximate surface area is 130 Å². The molecule has 1 atom stereocenters. The maximum Gasteiger partial charge on any atom is 0.335 e. The lowest BCUT2D eigenvalue weighted by Gasteiger charge is -2.32. The average Bonchev–Trinajstić information content (AvgIpc) is 2.34. The predicted octanol–water partition coefficient (Wildman–Crippen LogP) is 2.99. The fourth-order valence-corrected chi connectivity index (χ4v) is 2.57. The van der Waals surface area contributed by atoms with E-state index in [-0.39, 0.29) is 21.7 Å². The Hall–Kier alpha value is -1.66. The highest BCUT2D eigenvalue weighted by Gasteiger charge is 2.43. The van der Waals surface area contributed by atoms with Gasteiger partial charge in [-0.2, -0.15) is 0 Å². The zero-order chi connectivity index (χ0) is 15.9. The van der Waals surface area contributed by atoms with Crippen molar-refractivity contribution in [3.63, 3.8) is 0 Å². The fraction of sp³-hybridized carbons (Fsp3) is 0.308. The van der Waals surface area contributed by atoms with Gasteiger partial charge in [0.15, 0.2) is 5.82 Å². The number of imide groups is 2. The van der Waals surface area contributed by atoms with Gasteiger partial charge >= 0.3 is 6.03 Å². The molecule has 0 spiro atoms. The van der Waals surface area contributed by atoms with Gasteiger partial charge in [0.2, 0.25) is 11.8 Å². The highest BCUT2D eigenvalue weighted by atomic mass is 35.5. The predicted molar refractivity (Wildman–Crippen MR) is 75.8 cm³/mol. The van der Waals surface area contributed by atoms with Crippen LogP contribution in [0.25, 0.3) is 0 Å². The molecule has 1 aromatic carbocycles. The number of urea groups is 1. The van der Waals surface area contributed by atoms with E-state index in [1.807, 2.05) is 0 Å². The molecule has 1 aliphatic rings. The third-order valence-electron chi connectivity index (χ3n) is 3.10. The number of carbonyl (C=O) groups excluding carboxylic acids is 3. The van der Waals surface area contributed by atoms with Crippen molar-refractivity contribution in [1.82, 2.24) is 5.32 Å². The molecular weight excluding hydrogens is 322 g/mol. The second-order valence-electron chi connectivity index (χ2n) is 4.91. The van der Waals surface area contributed by atoms with Crippen LogP contribution in [0.4, 0.5) is 14.9 Å². The zero-order valence-electron chi connectivity index (χ0n) is 11.1. The quantitative estimate of drug-likeness (QED) is 0.668.